The second kappa shape index (κ2) is 6.90. The van der Waals surface area contributed by atoms with E-state index >= 15 is 0 Å². The van der Waals surface area contributed by atoms with Crippen LogP contribution >= 0.6 is 0 Å². The van der Waals surface area contributed by atoms with Crippen LogP contribution in [0.5, 0.6) is 0 Å². The van der Waals surface area contributed by atoms with E-state index in [0.717, 1.165) is 45.3 Å². The molecule has 3 heteroatoms. The molecule has 0 atom stereocenters. The highest BCUT2D eigenvalue weighted by Crippen LogP contribution is 2.20. The summed E-state index contributed by atoms with van der Waals surface area (Å²) in [4.78, 5) is 0. The minimum atomic E-state index is 1.00. The maximum atomic E-state index is 4.89. The Labute approximate surface area is 127 Å². The first kappa shape index (κ1) is 14.3. The molecule has 0 aliphatic carbocycles. The Morgan fingerprint density at radius 1 is 1.19 bits per heavy atom. The molecule has 3 nitrogen and oxygen atoms in total. The summed E-state index contributed by atoms with van der Waals surface area (Å²) in [5.74, 6) is 0. The molecule has 1 aromatic heterocycles. The number of aromatic nitrogens is 2. The molecule has 21 heavy (non-hydrogen) atoms. The summed E-state index contributed by atoms with van der Waals surface area (Å²) in [6.07, 6.45) is 5.70. The standard InChI is InChI=1S/C18H25N3/c1-2-7-17-16-14-19-12-11-18(16)21(20-17)13-6-10-15-8-4-3-5-9-15/h3-5,8-9,19H,2,6-7,10-14H2,1H3. The SMILES string of the molecule is CCCc1nn(CCCc2ccccc2)c2c1CNCC2. The molecule has 0 saturated heterocycles. The Bertz CT molecular complexity index is 572. The van der Waals surface area contributed by atoms with Crippen LogP contribution in [0.1, 0.15) is 42.3 Å². The summed E-state index contributed by atoms with van der Waals surface area (Å²) in [5.41, 5.74) is 5.70. The van der Waals surface area contributed by atoms with Gasteiger partial charge in [0.2, 0.25) is 0 Å². The van der Waals surface area contributed by atoms with E-state index < -0.39 is 0 Å². The molecule has 1 aromatic carbocycles. The lowest BCUT2D eigenvalue weighted by Crippen LogP contribution is -2.25. The fraction of sp³-hybridized carbons (Fsp3) is 0.500. The van der Waals surface area contributed by atoms with Crippen LogP contribution in [0.15, 0.2) is 30.3 Å². The molecule has 1 aliphatic heterocycles. The zero-order chi connectivity index (χ0) is 14.5. The van der Waals surface area contributed by atoms with Gasteiger partial charge in [-0.15, -0.1) is 0 Å². The predicted molar refractivity (Wildman–Crippen MR) is 86.4 cm³/mol. The van der Waals surface area contributed by atoms with Crippen LogP contribution < -0.4 is 5.32 Å². The Morgan fingerprint density at radius 2 is 2.05 bits per heavy atom. The van der Waals surface area contributed by atoms with Gasteiger partial charge >= 0.3 is 0 Å². The van der Waals surface area contributed by atoms with Crippen molar-refractivity contribution in [2.24, 2.45) is 0 Å². The van der Waals surface area contributed by atoms with Gasteiger partial charge < -0.3 is 5.32 Å². The minimum Gasteiger partial charge on any atom is -0.312 e. The number of hydrogen-bond donors (Lipinski definition) is 1. The maximum Gasteiger partial charge on any atom is 0.0672 e. The highest BCUT2D eigenvalue weighted by atomic mass is 15.3. The van der Waals surface area contributed by atoms with Crippen LogP contribution in [0, 0.1) is 0 Å². The van der Waals surface area contributed by atoms with Crippen molar-refractivity contribution in [1.82, 2.24) is 15.1 Å². The molecule has 0 spiro atoms. The van der Waals surface area contributed by atoms with Gasteiger partial charge in [0.25, 0.3) is 0 Å². The molecule has 2 heterocycles. The van der Waals surface area contributed by atoms with Crippen molar-refractivity contribution in [2.45, 2.75) is 52.1 Å². The third-order valence-electron chi connectivity index (χ3n) is 4.26. The van der Waals surface area contributed by atoms with Crippen LogP contribution in [0.2, 0.25) is 0 Å². The van der Waals surface area contributed by atoms with Gasteiger partial charge in [-0.25, -0.2) is 0 Å². The van der Waals surface area contributed by atoms with Crippen molar-refractivity contribution in [1.29, 1.82) is 0 Å². The van der Waals surface area contributed by atoms with E-state index in [2.05, 4.69) is 47.3 Å². The molecule has 3 rings (SSSR count). The van der Waals surface area contributed by atoms with Gasteiger partial charge in [0.05, 0.1) is 5.69 Å². The van der Waals surface area contributed by atoms with Gasteiger partial charge in [-0.2, -0.15) is 5.10 Å². The van der Waals surface area contributed by atoms with E-state index in [1.807, 2.05) is 0 Å². The van der Waals surface area contributed by atoms with E-state index in [1.165, 1.54) is 28.9 Å². The molecular weight excluding hydrogens is 258 g/mol. The summed E-state index contributed by atoms with van der Waals surface area (Å²) < 4.78 is 2.28. The molecular formula is C18H25N3. The quantitative estimate of drug-likeness (QED) is 0.883. The van der Waals surface area contributed by atoms with Crippen LogP contribution in [-0.2, 0) is 32.4 Å². The fourth-order valence-electron chi connectivity index (χ4n) is 3.19. The first-order valence-electron chi connectivity index (χ1n) is 8.20. The summed E-state index contributed by atoms with van der Waals surface area (Å²) in [6.45, 7) is 5.37. The van der Waals surface area contributed by atoms with Gasteiger partial charge in [0, 0.05) is 37.3 Å². The van der Waals surface area contributed by atoms with E-state index in [-0.39, 0.29) is 0 Å². The highest BCUT2D eigenvalue weighted by Gasteiger charge is 2.19. The smallest absolute Gasteiger partial charge is 0.0672 e. The molecule has 0 unspecified atom stereocenters. The Balaban J connectivity index is 1.67. The second-order valence-electron chi connectivity index (χ2n) is 5.86. The molecule has 0 radical (unpaired) electrons. The van der Waals surface area contributed by atoms with Gasteiger partial charge in [0.1, 0.15) is 0 Å². The van der Waals surface area contributed by atoms with Gasteiger partial charge in [-0.05, 0) is 24.8 Å². The topological polar surface area (TPSA) is 29.9 Å². The Morgan fingerprint density at radius 3 is 2.86 bits per heavy atom. The third-order valence-corrected chi connectivity index (χ3v) is 4.26. The van der Waals surface area contributed by atoms with Gasteiger partial charge in [-0.3, -0.25) is 4.68 Å². The lowest BCUT2D eigenvalue weighted by atomic mass is 10.0. The Hall–Kier alpha value is -1.61. The average molecular weight is 283 g/mol. The molecule has 112 valence electrons. The summed E-state index contributed by atoms with van der Waals surface area (Å²) in [7, 11) is 0. The zero-order valence-electron chi connectivity index (χ0n) is 12.9. The van der Waals surface area contributed by atoms with E-state index in [4.69, 9.17) is 5.10 Å². The lowest BCUT2D eigenvalue weighted by Gasteiger charge is -2.15. The number of benzene rings is 1. The van der Waals surface area contributed by atoms with E-state index in [0.29, 0.717) is 0 Å². The summed E-state index contributed by atoms with van der Waals surface area (Å²) in [6, 6.07) is 10.7. The van der Waals surface area contributed by atoms with E-state index in [9.17, 15) is 0 Å². The molecule has 0 amide bonds. The largest absolute Gasteiger partial charge is 0.312 e. The lowest BCUT2D eigenvalue weighted by molar-refractivity contribution is 0.529. The molecule has 0 saturated carbocycles. The van der Waals surface area contributed by atoms with Crippen molar-refractivity contribution in [3.63, 3.8) is 0 Å². The number of rotatable bonds is 6. The van der Waals surface area contributed by atoms with Crippen molar-refractivity contribution < 1.29 is 0 Å². The number of nitrogens with zero attached hydrogens (tertiary/aromatic N) is 2. The van der Waals surface area contributed by atoms with Crippen molar-refractivity contribution in [3.05, 3.63) is 52.8 Å². The molecule has 1 aliphatic rings. The van der Waals surface area contributed by atoms with Crippen molar-refractivity contribution in [3.8, 4) is 0 Å². The summed E-state index contributed by atoms with van der Waals surface area (Å²) >= 11 is 0. The Kier molecular flexibility index (Phi) is 4.71. The van der Waals surface area contributed by atoms with Gasteiger partial charge in [-0.1, -0.05) is 43.7 Å². The van der Waals surface area contributed by atoms with Crippen LogP contribution in [0.4, 0.5) is 0 Å². The fourth-order valence-corrected chi connectivity index (χ4v) is 3.19. The van der Waals surface area contributed by atoms with Crippen LogP contribution in [-0.4, -0.2) is 16.3 Å². The van der Waals surface area contributed by atoms with Gasteiger partial charge in [0.15, 0.2) is 0 Å². The first-order chi connectivity index (χ1) is 10.4. The van der Waals surface area contributed by atoms with E-state index in [1.54, 1.807) is 0 Å². The highest BCUT2D eigenvalue weighted by molar-refractivity contribution is 5.29. The summed E-state index contributed by atoms with van der Waals surface area (Å²) in [5, 5.41) is 8.37. The molecule has 0 fully saturated rings. The maximum absolute atomic E-state index is 4.89. The molecule has 2 aromatic rings. The van der Waals surface area contributed by atoms with Crippen molar-refractivity contribution in [2.75, 3.05) is 6.54 Å². The predicted octanol–water partition coefficient (Wildman–Crippen LogP) is 3.11. The monoisotopic (exact) mass is 283 g/mol. The van der Waals surface area contributed by atoms with Crippen LogP contribution in [0.3, 0.4) is 0 Å². The van der Waals surface area contributed by atoms with Crippen LogP contribution in [0.25, 0.3) is 0 Å². The third kappa shape index (κ3) is 3.35. The molecule has 1 N–H and O–H groups in total. The second-order valence-corrected chi connectivity index (χ2v) is 5.86. The minimum absolute atomic E-state index is 1.00. The number of hydrogen-bond acceptors (Lipinski definition) is 2. The number of fused-ring (bicyclic) bond motifs is 1. The average Bonchev–Trinajstić information content (AvgIpc) is 2.87. The zero-order valence-corrected chi connectivity index (χ0v) is 12.9. The number of aryl methyl sites for hydroxylation is 3. The number of nitrogens with one attached hydrogen (secondary N) is 1. The normalized spacial score (nSPS) is 14.1. The van der Waals surface area contributed by atoms with Crippen molar-refractivity contribution >= 4 is 0 Å². The first-order valence-corrected chi connectivity index (χ1v) is 8.20. The molecule has 0 bridgehead atoms.